The van der Waals surface area contributed by atoms with Crippen molar-refractivity contribution >= 4 is 5.78 Å². The van der Waals surface area contributed by atoms with Gasteiger partial charge in [0.2, 0.25) is 0 Å². The Morgan fingerprint density at radius 2 is 1.85 bits per heavy atom. The highest BCUT2D eigenvalue weighted by Gasteiger charge is 2.51. The Hall–Kier alpha value is -2.16. The van der Waals surface area contributed by atoms with Crippen LogP contribution in [0.2, 0.25) is 0 Å². The van der Waals surface area contributed by atoms with Gasteiger partial charge in [-0.25, -0.2) is 4.39 Å². The first-order valence-electron chi connectivity index (χ1n) is 6.61. The summed E-state index contributed by atoms with van der Waals surface area (Å²) in [6.45, 7) is 0. The lowest BCUT2D eigenvalue weighted by atomic mass is 9.87. The van der Waals surface area contributed by atoms with Crippen LogP contribution < -0.4 is 4.74 Å². The van der Waals surface area contributed by atoms with Crippen LogP contribution in [0, 0.1) is 5.82 Å². The Balaban J connectivity index is 1.97. The fourth-order valence-corrected chi connectivity index (χ4v) is 2.59. The van der Waals surface area contributed by atoms with Crippen molar-refractivity contribution in [3.63, 3.8) is 0 Å². The SMILES string of the molecule is COc1ccc(C(=O)C2(c3ccccc3)CC2)c(F)c1. The number of Topliss-reactive ketones (excluding diaryl/α,β-unsaturated/α-hetero) is 1. The lowest BCUT2D eigenvalue weighted by Crippen LogP contribution is -2.21. The molecule has 0 unspecified atom stereocenters. The van der Waals surface area contributed by atoms with E-state index in [9.17, 15) is 9.18 Å². The van der Waals surface area contributed by atoms with Crippen molar-refractivity contribution in [3.8, 4) is 5.75 Å². The third kappa shape index (κ3) is 1.99. The van der Waals surface area contributed by atoms with Crippen LogP contribution in [0.4, 0.5) is 4.39 Å². The molecule has 3 heteroatoms. The third-order valence-electron chi connectivity index (χ3n) is 3.93. The van der Waals surface area contributed by atoms with Crippen LogP contribution in [-0.2, 0) is 5.41 Å². The minimum absolute atomic E-state index is 0.135. The van der Waals surface area contributed by atoms with Crippen molar-refractivity contribution in [2.75, 3.05) is 7.11 Å². The molecule has 0 aromatic heterocycles. The Morgan fingerprint density at radius 3 is 2.40 bits per heavy atom. The molecule has 0 radical (unpaired) electrons. The van der Waals surface area contributed by atoms with Crippen molar-refractivity contribution in [2.45, 2.75) is 18.3 Å². The Kier molecular flexibility index (Phi) is 3.05. The molecule has 0 aliphatic heterocycles. The van der Waals surface area contributed by atoms with Crippen LogP contribution in [0.3, 0.4) is 0 Å². The van der Waals surface area contributed by atoms with Crippen molar-refractivity contribution < 1.29 is 13.9 Å². The van der Waals surface area contributed by atoms with E-state index in [-0.39, 0.29) is 11.3 Å². The first-order valence-corrected chi connectivity index (χ1v) is 6.61. The van der Waals surface area contributed by atoms with Crippen molar-refractivity contribution in [3.05, 3.63) is 65.5 Å². The molecular formula is C17H15FO2. The van der Waals surface area contributed by atoms with E-state index in [1.807, 2.05) is 30.3 Å². The van der Waals surface area contributed by atoms with Gasteiger partial charge in [0, 0.05) is 6.07 Å². The highest BCUT2D eigenvalue weighted by molar-refractivity contribution is 6.06. The van der Waals surface area contributed by atoms with Gasteiger partial charge in [-0.1, -0.05) is 30.3 Å². The highest BCUT2D eigenvalue weighted by Crippen LogP contribution is 2.50. The van der Waals surface area contributed by atoms with Gasteiger partial charge in [0.15, 0.2) is 5.78 Å². The van der Waals surface area contributed by atoms with Crippen LogP contribution in [0.1, 0.15) is 28.8 Å². The number of benzene rings is 2. The predicted octanol–water partition coefficient (Wildman–Crippen LogP) is 3.75. The zero-order valence-electron chi connectivity index (χ0n) is 11.2. The van der Waals surface area contributed by atoms with E-state index in [4.69, 9.17) is 4.74 Å². The molecule has 0 bridgehead atoms. The van der Waals surface area contributed by atoms with Gasteiger partial charge in [0.1, 0.15) is 11.6 Å². The molecule has 0 heterocycles. The van der Waals surface area contributed by atoms with E-state index in [2.05, 4.69) is 0 Å². The average Bonchev–Trinajstić information content (AvgIpc) is 3.29. The molecule has 1 aliphatic carbocycles. The molecule has 1 fully saturated rings. The summed E-state index contributed by atoms with van der Waals surface area (Å²) in [6, 6.07) is 14.0. The molecular weight excluding hydrogens is 255 g/mol. The molecule has 102 valence electrons. The van der Waals surface area contributed by atoms with Gasteiger partial charge in [-0.3, -0.25) is 4.79 Å². The number of ketones is 1. The topological polar surface area (TPSA) is 26.3 Å². The zero-order chi connectivity index (χ0) is 14.2. The van der Waals surface area contributed by atoms with Gasteiger partial charge in [-0.05, 0) is 30.5 Å². The van der Waals surface area contributed by atoms with Gasteiger partial charge in [-0.2, -0.15) is 0 Å². The van der Waals surface area contributed by atoms with Crippen LogP contribution in [0.25, 0.3) is 0 Å². The van der Waals surface area contributed by atoms with E-state index in [1.54, 1.807) is 6.07 Å². The van der Waals surface area contributed by atoms with Crippen LogP contribution in [0.5, 0.6) is 5.75 Å². The minimum Gasteiger partial charge on any atom is -0.497 e. The summed E-state index contributed by atoms with van der Waals surface area (Å²) < 4.78 is 19.0. The number of halogens is 1. The first-order chi connectivity index (χ1) is 9.67. The quantitative estimate of drug-likeness (QED) is 0.791. The van der Waals surface area contributed by atoms with Gasteiger partial charge < -0.3 is 4.74 Å². The standard InChI is InChI=1S/C17H15FO2/c1-20-13-7-8-14(15(18)11-13)16(19)17(9-10-17)12-5-3-2-4-6-12/h2-8,11H,9-10H2,1H3. The highest BCUT2D eigenvalue weighted by atomic mass is 19.1. The number of ether oxygens (including phenoxy) is 1. The first kappa shape index (κ1) is 12.9. The summed E-state index contributed by atoms with van der Waals surface area (Å²) in [6.07, 6.45) is 1.56. The summed E-state index contributed by atoms with van der Waals surface area (Å²) in [7, 11) is 1.47. The second kappa shape index (κ2) is 4.75. The maximum absolute atomic E-state index is 14.1. The molecule has 2 aromatic carbocycles. The predicted molar refractivity (Wildman–Crippen MR) is 74.6 cm³/mol. The Labute approximate surface area is 117 Å². The molecule has 3 rings (SSSR count). The number of carbonyl (C=O) groups is 1. The second-order valence-electron chi connectivity index (χ2n) is 5.12. The normalized spacial score (nSPS) is 15.7. The molecule has 1 saturated carbocycles. The fraction of sp³-hybridized carbons (Fsp3) is 0.235. The number of carbonyl (C=O) groups excluding carboxylic acids is 1. The average molecular weight is 270 g/mol. The number of hydrogen-bond donors (Lipinski definition) is 0. The summed E-state index contributed by atoms with van der Waals surface area (Å²) in [5.74, 6) is -0.232. The molecule has 0 atom stereocenters. The van der Waals surface area contributed by atoms with E-state index >= 15 is 0 Å². The smallest absolute Gasteiger partial charge is 0.176 e. The second-order valence-corrected chi connectivity index (χ2v) is 5.12. The van der Waals surface area contributed by atoms with Gasteiger partial charge in [0.05, 0.1) is 18.1 Å². The maximum atomic E-state index is 14.1. The van der Waals surface area contributed by atoms with E-state index in [0.29, 0.717) is 5.75 Å². The number of methoxy groups -OCH3 is 1. The molecule has 0 N–H and O–H groups in total. The van der Waals surface area contributed by atoms with Crippen LogP contribution in [-0.4, -0.2) is 12.9 Å². The van der Waals surface area contributed by atoms with Gasteiger partial charge >= 0.3 is 0 Å². The van der Waals surface area contributed by atoms with E-state index in [0.717, 1.165) is 18.4 Å². The number of rotatable bonds is 4. The monoisotopic (exact) mass is 270 g/mol. The van der Waals surface area contributed by atoms with Crippen molar-refractivity contribution in [1.29, 1.82) is 0 Å². The summed E-state index contributed by atoms with van der Waals surface area (Å²) in [4.78, 5) is 12.7. The van der Waals surface area contributed by atoms with Crippen molar-refractivity contribution in [1.82, 2.24) is 0 Å². The largest absolute Gasteiger partial charge is 0.497 e. The van der Waals surface area contributed by atoms with Crippen molar-refractivity contribution in [2.24, 2.45) is 0 Å². The molecule has 2 nitrogen and oxygen atoms in total. The Morgan fingerprint density at radius 1 is 1.15 bits per heavy atom. The third-order valence-corrected chi connectivity index (χ3v) is 3.93. The summed E-state index contributed by atoms with van der Waals surface area (Å²) >= 11 is 0. The maximum Gasteiger partial charge on any atom is 0.176 e. The minimum atomic E-state index is -0.531. The molecule has 20 heavy (non-hydrogen) atoms. The van der Waals surface area contributed by atoms with Crippen LogP contribution in [0.15, 0.2) is 48.5 Å². The number of hydrogen-bond acceptors (Lipinski definition) is 2. The summed E-state index contributed by atoms with van der Waals surface area (Å²) in [5, 5.41) is 0. The fourth-order valence-electron chi connectivity index (χ4n) is 2.59. The van der Waals surface area contributed by atoms with Gasteiger partial charge in [-0.15, -0.1) is 0 Å². The lowest BCUT2D eigenvalue weighted by molar-refractivity contribution is 0.0942. The molecule has 0 saturated heterocycles. The zero-order valence-corrected chi connectivity index (χ0v) is 11.2. The molecule has 0 spiro atoms. The van der Waals surface area contributed by atoms with Gasteiger partial charge in [0.25, 0.3) is 0 Å². The lowest BCUT2D eigenvalue weighted by Gasteiger charge is -2.15. The van der Waals surface area contributed by atoms with E-state index < -0.39 is 11.2 Å². The van der Waals surface area contributed by atoms with Crippen LogP contribution >= 0.6 is 0 Å². The van der Waals surface area contributed by atoms with E-state index in [1.165, 1.54) is 19.2 Å². The Bertz CT molecular complexity index is 645. The molecule has 1 aliphatic rings. The molecule has 2 aromatic rings. The molecule has 0 amide bonds. The summed E-state index contributed by atoms with van der Waals surface area (Å²) in [5.41, 5.74) is 0.587.